The highest BCUT2D eigenvalue weighted by atomic mass is 28.2. The molecule has 0 aromatic carbocycles. The molecule has 3 radical (unpaired) electrons. The largest absolute Gasteiger partial charge is 0.418 e. The Morgan fingerprint density at radius 2 is 1.89 bits per heavy atom. The first-order valence-corrected chi connectivity index (χ1v) is 3.10. The zero-order chi connectivity index (χ0) is 7.11. The van der Waals surface area contributed by atoms with Crippen LogP contribution in [0.15, 0.2) is 0 Å². The van der Waals surface area contributed by atoms with Crippen LogP contribution in [0.4, 0.5) is 0 Å². The van der Waals surface area contributed by atoms with Crippen molar-refractivity contribution in [2.24, 2.45) is 0 Å². The summed E-state index contributed by atoms with van der Waals surface area (Å²) in [4.78, 5) is 0. The van der Waals surface area contributed by atoms with Crippen molar-refractivity contribution in [3.8, 4) is 0 Å². The van der Waals surface area contributed by atoms with E-state index >= 15 is 0 Å². The van der Waals surface area contributed by atoms with Crippen molar-refractivity contribution in [2.45, 2.75) is 12.7 Å². The highest BCUT2D eigenvalue weighted by molar-refractivity contribution is 5.97. The quantitative estimate of drug-likeness (QED) is 0.407. The smallest absolute Gasteiger partial charge is 0.246 e. The summed E-state index contributed by atoms with van der Waals surface area (Å²) in [5, 5.41) is 0. The van der Waals surface area contributed by atoms with E-state index in [0.717, 1.165) is 6.42 Å². The van der Waals surface area contributed by atoms with Crippen LogP contribution in [0.1, 0.15) is 6.42 Å². The Bertz CT molecular complexity index is 56.2. The molecule has 4 heteroatoms. The molecular weight excluding hydrogens is 136 g/mol. The Morgan fingerprint density at radius 1 is 1.33 bits per heavy atom. The lowest BCUT2D eigenvalue weighted by Gasteiger charge is -2.11. The Morgan fingerprint density at radius 3 is 2.22 bits per heavy atom. The molecule has 0 N–H and O–H groups in total. The van der Waals surface area contributed by atoms with Gasteiger partial charge in [0.05, 0.1) is 0 Å². The molecule has 0 unspecified atom stereocenters. The van der Waals surface area contributed by atoms with Crippen molar-refractivity contribution in [1.29, 1.82) is 0 Å². The summed E-state index contributed by atoms with van der Waals surface area (Å²) in [5.41, 5.74) is 0. The number of hydrogen-bond acceptors (Lipinski definition) is 3. The van der Waals surface area contributed by atoms with Crippen molar-refractivity contribution in [1.82, 2.24) is 0 Å². The first-order valence-electron chi connectivity index (χ1n) is 2.69. The Labute approximate surface area is 58.8 Å². The average molecular weight is 147 g/mol. The van der Waals surface area contributed by atoms with Gasteiger partial charge in [-0.25, -0.2) is 0 Å². The molecule has 0 atom stereocenters. The molecule has 0 rings (SSSR count). The van der Waals surface area contributed by atoms with Crippen LogP contribution in [0.5, 0.6) is 0 Å². The molecule has 9 heavy (non-hydrogen) atoms. The average Bonchev–Trinajstić information content (AvgIpc) is 1.91. The van der Waals surface area contributed by atoms with Crippen molar-refractivity contribution in [3.63, 3.8) is 0 Å². The van der Waals surface area contributed by atoms with Crippen molar-refractivity contribution < 1.29 is 13.9 Å². The summed E-state index contributed by atoms with van der Waals surface area (Å²) in [6, 6.07) is 0. The van der Waals surface area contributed by atoms with Gasteiger partial charge in [-0.1, -0.05) is 0 Å². The second kappa shape index (κ2) is 6.22. The Kier molecular flexibility index (Phi) is 6.29. The van der Waals surface area contributed by atoms with E-state index in [2.05, 4.69) is 14.9 Å². The third kappa shape index (κ3) is 4.59. The maximum absolute atomic E-state index is 4.88. The molecule has 53 valence electrons. The van der Waals surface area contributed by atoms with Crippen molar-refractivity contribution >= 4 is 10.5 Å². The highest BCUT2D eigenvalue weighted by Gasteiger charge is 2.01. The minimum absolute atomic E-state index is 0.152. The summed E-state index contributed by atoms with van der Waals surface area (Å²) in [7, 11) is 6.07. The maximum atomic E-state index is 4.88. The zero-order valence-corrected chi connectivity index (χ0v) is 6.72. The fraction of sp³-hybridized carbons (Fsp3) is 1.00. The normalized spacial score (nSPS) is 10.7. The predicted octanol–water partition coefficient (Wildman–Crippen LogP) is 0.0955. The minimum Gasteiger partial charge on any atom is -0.418 e. The highest BCUT2D eigenvalue weighted by Crippen LogP contribution is 1.95. The molecule has 0 heterocycles. The lowest BCUT2D eigenvalue weighted by molar-refractivity contribution is -0.110. The molecule has 0 aliphatic rings. The monoisotopic (exact) mass is 147 g/mol. The number of hydrogen-bond donors (Lipinski definition) is 0. The number of methoxy groups -OCH3 is 2. The van der Waals surface area contributed by atoms with Crippen molar-refractivity contribution in [3.05, 3.63) is 0 Å². The maximum Gasteiger partial charge on any atom is 0.246 e. The third-order valence-electron chi connectivity index (χ3n) is 0.981. The van der Waals surface area contributed by atoms with Gasteiger partial charge < -0.3 is 13.9 Å². The molecule has 0 aromatic rings. The topological polar surface area (TPSA) is 27.7 Å². The zero-order valence-electron chi connectivity index (χ0n) is 5.72. The summed E-state index contributed by atoms with van der Waals surface area (Å²) in [6.45, 7) is 0.587. The minimum atomic E-state index is -0.152. The second-order valence-corrected chi connectivity index (χ2v) is 1.83. The lowest BCUT2D eigenvalue weighted by Crippen LogP contribution is -2.15. The number of ether oxygens (including phenoxy) is 2. The molecule has 0 fully saturated rings. The van der Waals surface area contributed by atoms with Gasteiger partial charge in [-0.3, -0.25) is 0 Å². The van der Waals surface area contributed by atoms with Crippen LogP contribution in [0, 0.1) is 0 Å². The van der Waals surface area contributed by atoms with Crippen LogP contribution in [-0.4, -0.2) is 37.6 Å². The second-order valence-electron chi connectivity index (χ2n) is 1.54. The van der Waals surface area contributed by atoms with Crippen LogP contribution in [-0.2, 0) is 13.9 Å². The van der Waals surface area contributed by atoms with Gasteiger partial charge >= 0.3 is 0 Å². The number of rotatable bonds is 5. The van der Waals surface area contributed by atoms with Gasteiger partial charge in [0, 0.05) is 27.2 Å². The van der Waals surface area contributed by atoms with E-state index in [1.807, 2.05) is 0 Å². The molecule has 0 aliphatic carbocycles. The fourth-order valence-electron chi connectivity index (χ4n) is 0.487. The molecule has 0 aromatic heterocycles. The van der Waals surface area contributed by atoms with Gasteiger partial charge in [0.25, 0.3) is 0 Å². The lowest BCUT2D eigenvalue weighted by atomic mass is 10.4. The van der Waals surface area contributed by atoms with E-state index in [9.17, 15) is 0 Å². The van der Waals surface area contributed by atoms with Gasteiger partial charge in [-0.05, 0) is 0 Å². The summed E-state index contributed by atoms with van der Waals surface area (Å²) in [6.07, 6.45) is 0.581. The van der Waals surface area contributed by atoms with Gasteiger partial charge in [-0.2, -0.15) is 0 Å². The van der Waals surface area contributed by atoms with E-state index in [-0.39, 0.29) is 6.29 Å². The van der Waals surface area contributed by atoms with Crippen LogP contribution < -0.4 is 0 Å². The van der Waals surface area contributed by atoms with Crippen LogP contribution >= 0.6 is 0 Å². The van der Waals surface area contributed by atoms with E-state index in [1.54, 1.807) is 14.2 Å². The molecule has 0 saturated carbocycles. The van der Waals surface area contributed by atoms with Gasteiger partial charge in [0.2, 0.25) is 10.5 Å². The van der Waals surface area contributed by atoms with E-state index in [0.29, 0.717) is 6.61 Å². The van der Waals surface area contributed by atoms with Crippen LogP contribution in [0.25, 0.3) is 0 Å². The predicted molar refractivity (Wildman–Crippen MR) is 34.1 cm³/mol. The third-order valence-corrected chi connectivity index (χ3v) is 1.19. The Hall–Kier alpha value is 0.0969. The van der Waals surface area contributed by atoms with Gasteiger partial charge in [-0.15, -0.1) is 0 Å². The Balaban J connectivity index is 3.09. The summed E-state index contributed by atoms with van der Waals surface area (Å²) in [5.74, 6) is 0. The van der Waals surface area contributed by atoms with Gasteiger partial charge in [0.15, 0.2) is 6.29 Å². The van der Waals surface area contributed by atoms with Gasteiger partial charge in [0.1, 0.15) is 0 Å². The molecular formula is C5H11O3Si. The summed E-state index contributed by atoms with van der Waals surface area (Å²) >= 11 is 0. The first kappa shape index (κ1) is 9.10. The fourth-order valence-corrected chi connectivity index (χ4v) is 0.605. The standard InChI is InChI=1S/C5H11O3Si/c1-6-5(7-2)3-4-8-9/h5H,3-4H2,1-2H3. The molecule has 0 amide bonds. The van der Waals surface area contributed by atoms with E-state index in [1.165, 1.54) is 0 Å². The molecule has 0 aliphatic heterocycles. The van der Waals surface area contributed by atoms with Crippen LogP contribution in [0.2, 0.25) is 0 Å². The van der Waals surface area contributed by atoms with Crippen molar-refractivity contribution in [2.75, 3.05) is 20.8 Å². The molecule has 3 nitrogen and oxygen atoms in total. The van der Waals surface area contributed by atoms with Crippen LogP contribution in [0.3, 0.4) is 0 Å². The van der Waals surface area contributed by atoms with E-state index in [4.69, 9.17) is 9.47 Å². The first-order chi connectivity index (χ1) is 4.35. The summed E-state index contributed by atoms with van der Waals surface area (Å²) < 4.78 is 14.4. The SMILES string of the molecule is COC(CCO[Si])OC. The molecule has 0 bridgehead atoms. The molecule has 0 saturated heterocycles. The molecule has 0 spiro atoms. The van der Waals surface area contributed by atoms with E-state index < -0.39 is 0 Å².